The lowest BCUT2D eigenvalue weighted by Gasteiger charge is -2.19. The first-order valence-corrected chi connectivity index (χ1v) is 14.9. The van der Waals surface area contributed by atoms with E-state index in [4.69, 9.17) is 31.8 Å². The average molecular weight is 651 g/mol. The fourth-order valence-electron chi connectivity index (χ4n) is 4.84. The summed E-state index contributed by atoms with van der Waals surface area (Å²) in [5, 5.41) is 31.1. The highest BCUT2D eigenvalue weighted by molar-refractivity contribution is 5.69. The number of rotatable bonds is 17. The van der Waals surface area contributed by atoms with Crippen molar-refractivity contribution in [3.05, 3.63) is 54.1 Å². The molecule has 12 heteroatoms. The predicted octanol–water partition coefficient (Wildman–Crippen LogP) is 5.18. The number of aliphatic hydroxyl groups excluding tert-OH is 3. The molecule has 0 bridgehead atoms. The Hall–Kier alpha value is -3.97. The third kappa shape index (κ3) is 14.0. The largest absolute Gasteiger partial charge is 0.511 e. The molecule has 1 fully saturated rings. The smallest absolute Gasteiger partial charge is 0.491 e. The number of hydrogen-bond acceptors (Lipinski definition) is 9. The summed E-state index contributed by atoms with van der Waals surface area (Å²) in [7, 11) is 0. The first-order chi connectivity index (χ1) is 21.8. The maximum absolute atomic E-state index is 12.9. The van der Waals surface area contributed by atoms with E-state index in [0.29, 0.717) is 32.1 Å². The summed E-state index contributed by atoms with van der Waals surface area (Å²) in [5.41, 5.74) is -0.864. The van der Waals surface area contributed by atoms with Crippen molar-refractivity contribution in [3.63, 3.8) is 0 Å². The molecular weight excluding hydrogens is 609 g/mol. The number of benzene rings is 1. The molecule has 1 saturated carbocycles. The lowest BCUT2D eigenvalue weighted by Crippen LogP contribution is -2.23. The Morgan fingerprint density at radius 2 is 1.80 bits per heavy atom. The molecule has 0 spiro atoms. The van der Waals surface area contributed by atoms with Crippen LogP contribution in [0, 0.1) is 42.4 Å². The molecule has 252 valence electrons. The highest BCUT2D eigenvalue weighted by atomic mass is 19.4. The minimum Gasteiger partial charge on any atom is -0.491 e. The summed E-state index contributed by atoms with van der Waals surface area (Å²) in [5.74, 6) is 3.30. The molecule has 0 heterocycles. The summed E-state index contributed by atoms with van der Waals surface area (Å²) in [6, 6.07) is 4.32. The van der Waals surface area contributed by atoms with Gasteiger partial charge in [0.15, 0.2) is 0 Å². The Bertz CT molecular complexity index is 1230. The number of carbonyl (C=O) groups excluding carboxylic acids is 2. The molecular formula is C34H41F3O9. The van der Waals surface area contributed by atoms with Gasteiger partial charge < -0.3 is 34.3 Å². The molecule has 46 heavy (non-hydrogen) atoms. The van der Waals surface area contributed by atoms with Gasteiger partial charge >= 0.3 is 18.3 Å². The van der Waals surface area contributed by atoms with E-state index in [1.807, 2.05) is 12.2 Å². The van der Waals surface area contributed by atoms with Crippen LogP contribution in [0.15, 0.2) is 48.6 Å². The van der Waals surface area contributed by atoms with Gasteiger partial charge in [0, 0.05) is 44.4 Å². The molecule has 6 atom stereocenters. The molecule has 0 radical (unpaired) electrons. The van der Waals surface area contributed by atoms with Crippen LogP contribution in [0.1, 0.15) is 57.4 Å². The number of unbranched alkanes of at least 4 members (excludes halogenated alkanes) is 1. The van der Waals surface area contributed by atoms with Crippen molar-refractivity contribution in [2.75, 3.05) is 13.2 Å². The third-order valence-corrected chi connectivity index (χ3v) is 7.19. The van der Waals surface area contributed by atoms with Crippen molar-refractivity contribution in [2.24, 2.45) is 17.8 Å². The minimum absolute atomic E-state index is 0.0165. The van der Waals surface area contributed by atoms with Crippen LogP contribution in [0.3, 0.4) is 0 Å². The SMILES string of the molecule is C#CCC(CC#C)COC(=O)OC(C)OC(=O)CCC/C=C\C[C@@H]1[C@@H](/C=C/[C@@H](O)COc2cccc(C(F)(F)F)c2)[C@H](O)C[C@@H]1O. The first kappa shape index (κ1) is 38.2. The molecule has 0 amide bonds. The normalized spacial score (nSPS) is 21.1. The molecule has 1 aliphatic rings. The summed E-state index contributed by atoms with van der Waals surface area (Å²) in [6.45, 7) is 1.07. The minimum atomic E-state index is -4.52. The van der Waals surface area contributed by atoms with Crippen LogP contribution >= 0.6 is 0 Å². The summed E-state index contributed by atoms with van der Waals surface area (Å²) >= 11 is 0. The van der Waals surface area contributed by atoms with Crippen molar-refractivity contribution >= 4 is 12.1 Å². The lowest BCUT2D eigenvalue weighted by molar-refractivity contribution is -0.168. The predicted molar refractivity (Wildman–Crippen MR) is 162 cm³/mol. The lowest BCUT2D eigenvalue weighted by atomic mass is 9.89. The van der Waals surface area contributed by atoms with Gasteiger partial charge in [-0.25, -0.2) is 4.79 Å². The molecule has 2 rings (SSSR count). The quantitative estimate of drug-likeness (QED) is 0.0686. The standard InChI is InChI=1S/C34H41F3O9/c1-4-11-24(12-5-2)21-44-33(42)46-23(3)45-32(41)16-9-7-6-8-15-28-29(31(40)20-30(28)39)18-17-26(38)22-43-27-14-10-13-25(19-27)34(35,36)37/h1-2,6,8,10,13-14,17-19,23-24,26,28-31,38-40H,7,9,11-12,15-16,20-22H2,3H3/b8-6-,18-17+/t23?,26-,28-,29-,30+,31-/m1/s1. The Morgan fingerprint density at radius 3 is 2.48 bits per heavy atom. The molecule has 0 aliphatic heterocycles. The number of terminal acetylenes is 2. The van der Waals surface area contributed by atoms with Crippen molar-refractivity contribution in [3.8, 4) is 30.4 Å². The number of allylic oxidation sites excluding steroid dienone is 2. The number of alkyl halides is 3. The second-order valence-corrected chi connectivity index (χ2v) is 10.9. The van der Waals surface area contributed by atoms with Crippen LogP contribution in [0.25, 0.3) is 0 Å². The van der Waals surface area contributed by atoms with Gasteiger partial charge in [-0.1, -0.05) is 30.4 Å². The van der Waals surface area contributed by atoms with Crippen LogP contribution in [0.5, 0.6) is 5.75 Å². The van der Waals surface area contributed by atoms with Gasteiger partial charge in [0.25, 0.3) is 0 Å². The highest BCUT2D eigenvalue weighted by Crippen LogP contribution is 2.36. The van der Waals surface area contributed by atoms with E-state index >= 15 is 0 Å². The number of esters is 1. The van der Waals surface area contributed by atoms with Gasteiger partial charge in [-0.15, -0.1) is 24.7 Å². The fraction of sp³-hybridized carbons (Fsp3) is 0.529. The van der Waals surface area contributed by atoms with Gasteiger partial charge in [-0.2, -0.15) is 13.2 Å². The van der Waals surface area contributed by atoms with Crippen LogP contribution in [0.4, 0.5) is 18.0 Å². The fourth-order valence-corrected chi connectivity index (χ4v) is 4.84. The first-order valence-electron chi connectivity index (χ1n) is 14.9. The molecule has 9 nitrogen and oxygen atoms in total. The van der Waals surface area contributed by atoms with Crippen LogP contribution in [-0.4, -0.2) is 65.3 Å². The summed E-state index contributed by atoms with van der Waals surface area (Å²) in [4.78, 5) is 23.9. The van der Waals surface area contributed by atoms with Crippen molar-refractivity contribution in [2.45, 2.75) is 82.6 Å². The Morgan fingerprint density at radius 1 is 1.09 bits per heavy atom. The number of aliphatic hydroxyl groups is 3. The van der Waals surface area contributed by atoms with E-state index in [9.17, 15) is 38.1 Å². The van der Waals surface area contributed by atoms with E-state index in [0.717, 1.165) is 12.1 Å². The number of ether oxygens (including phenoxy) is 4. The number of halogens is 3. The molecule has 1 unspecified atom stereocenters. The van der Waals surface area contributed by atoms with E-state index in [-0.39, 0.29) is 43.6 Å². The molecule has 1 aliphatic carbocycles. The second kappa shape index (κ2) is 19.5. The van der Waals surface area contributed by atoms with E-state index in [1.54, 1.807) is 6.08 Å². The van der Waals surface area contributed by atoms with Gasteiger partial charge in [-0.05, 0) is 43.4 Å². The molecule has 0 aromatic heterocycles. The highest BCUT2D eigenvalue weighted by Gasteiger charge is 2.39. The number of hydrogen-bond donors (Lipinski definition) is 3. The van der Waals surface area contributed by atoms with Crippen molar-refractivity contribution < 1.29 is 57.0 Å². The summed E-state index contributed by atoms with van der Waals surface area (Å²) < 4.78 is 58.9. The Kier molecular flexibility index (Phi) is 16.2. The Labute approximate surface area is 267 Å². The van der Waals surface area contributed by atoms with Crippen LogP contribution in [0.2, 0.25) is 0 Å². The third-order valence-electron chi connectivity index (χ3n) is 7.19. The van der Waals surface area contributed by atoms with Crippen molar-refractivity contribution in [1.29, 1.82) is 0 Å². The average Bonchev–Trinajstić information content (AvgIpc) is 3.26. The monoisotopic (exact) mass is 650 g/mol. The van der Waals surface area contributed by atoms with Gasteiger partial charge in [0.1, 0.15) is 18.5 Å². The maximum atomic E-state index is 12.9. The Balaban J connectivity index is 1.72. The zero-order valence-electron chi connectivity index (χ0n) is 25.6. The molecule has 3 N–H and O–H groups in total. The van der Waals surface area contributed by atoms with Gasteiger partial charge in [-0.3, -0.25) is 4.79 Å². The zero-order valence-corrected chi connectivity index (χ0v) is 25.6. The van der Waals surface area contributed by atoms with Gasteiger partial charge in [0.05, 0.1) is 24.4 Å². The van der Waals surface area contributed by atoms with E-state index < -0.39 is 54.4 Å². The van der Waals surface area contributed by atoms with Crippen molar-refractivity contribution in [1.82, 2.24) is 0 Å². The topological polar surface area (TPSA) is 132 Å². The van der Waals surface area contributed by atoms with Crippen LogP contribution < -0.4 is 4.74 Å². The molecule has 0 saturated heterocycles. The van der Waals surface area contributed by atoms with Crippen LogP contribution in [-0.2, 0) is 25.2 Å². The number of carbonyl (C=O) groups is 2. The second-order valence-electron chi connectivity index (χ2n) is 10.9. The van der Waals surface area contributed by atoms with E-state index in [1.165, 1.54) is 25.1 Å². The zero-order chi connectivity index (χ0) is 34.1. The maximum Gasteiger partial charge on any atom is 0.511 e. The molecule has 1 aromatic carbocycles. The molecule has 1 aromatic rings. The summed E-state index contributed by atoms with van der Waals surface area (Å²) in [6.07, 6.45) is 10.0. The van der Waals surface area contributed by atoms with Gasteiger partial charge in [0.2, 0.25) is 6.29 Å². The van der Waals surface area contributed by atoms with E-state index in [2.05, 4.69) is 11.8 Å².